The van der Waals surface area contributed by atoms with Crippen molar-refractivity contribution < 1.29 is 0 Å². The number of benzene rings is 1. The van der Waals surface area contributed by atoms with Gasteiger partial charge in [-0.05, 0) is 43.9 Å². The molecular formula is C17H23NS. The monoisotopic (exact) mass is 273 g/mol. The zero-order valence-corrected chi connectivity index (χ0v) is 12.8. The van der Waals surface area contributed by atoms with Gasteiger partial charge in [0.05, 0.1) is 0 Å². The molecule has 102 valence electrons. The van der Waals surface area contributed by atoms with E-state index in [0.29, 0.717) is 12.0 Å². The van der Waals surface area contributed by atoms with E-state index in [-0.39, 0.29) is 0 Å². The normalized spacial score (nSPS) is 14.3. The maximum absolute atomic E-state index is 3.65. The van der Waals surface area contributed by atoms with Gasteiger partial charge in [-0.3, -0.25) is 0 Å². The molecule has 0 saturated heterocycles. The molecule has 1 N–H and O–H groups in total. The van der Waals surface area contributed by atoms with Crippen LogP contribution >= 0.6 is 11.3 Å². The van der Waals surface area contributed by atoms with Crippen molar-refractivity contribution in [2.24, 2.45) is 0 Å². The molecule has 0 aliphatic rings. The number of rotatable bonds is 6. The third-order valence-corrected chi connectivity index (χ3v) is 4.47. The molecule has 0 spiro atoms. The van der Waals surface area contributed by atoms with Gasteiger partial charge in [0.1, 0.15) is 0 Å². The average molecular weight is 273 g/mol. The van der Waals surface area contributed by atoms with Gasteiger partial charge in [0.2, 0.25) is 0 Å². The first-order valence-electron chi connectivity index (χ1n) is 6.99. The fourth-order valence-corrected chi connectivity index (χ4v) is 3.27. The van der Waals surface area contributed by atoms with Crippen LogP contribution in [-0.4, -0.2) is 12.6 Å². The lowest BCUT2D eigenvalue weighted by Gasteiger charge is -2.17. The Kier molecular flexibility index (Phi) is 5.17. The Hall–Kier alpha value is -1.12. The van der Waals surface area contributed by atoms with Gasteiger partial charge < -0.3 is 5.32 Å². The Morgan fingerprint density at radius 1 is 1.05 bits per heavy atom. The van der Waals surface area contributed by atoms with Crippen LogP contribution in [0.15, 0.2) is 42.5 Å². The first-order valence-corrected chi connectivity index (χ1v) is 7.80. The van der Waals surface area contributed by atoms with Crippen LogP contribution in [0.25, 0.3) is 0 Å². The predicted molar refractivity (Wildman–Crippen MR) is 85.1 cm³/mol. The highest BCUT2D eigenvalue weighted by Crippen LogP contribution is 2.17. The van der Waals surface area contributed by atoms with Gasteiger partial charge in [0.15, 0.2) is 0 Å². The lowest BCUT2D eigenvalue weighted by atomic mass is 10.0. The van der Waals surface area contributed by atoms with Crippen LogP contribution in [0.2, 0.25) is 0 Å². The molecule has 2 aromatic rings. The molecule has 0 amide bonds. The van der Waals surface area contributed by atoms with Crippen molar-refractivity contribution in [3.63, 3.8) is 0 Å². The summed E-state index contributed by atoms with van der Waals surface area (Å²) in [6.07, 6.45) is 1.13. The van der Waals surface area contributed by atoms with Gasteiger partial charge in [-0.1, -0.05) is 37.3 Å². The summed E-state index contributed by atoms with van der Waals surface area (Å²) < 4.78 is 0. The summed E-state index contributed by atoms with van der Waals surface area (Å²) in [5.74, 6) is 0.564. The summed E-state index contributed by atoms with van der Waals surface area (Å²) in [6, 6.07) is 15.7. The minimum atomic E-state index is 0.532. The molecule has 0 fully saturated rings. The molecule has 0 bridgehead atoms. The quantitative estimate of drug-likeness (QED) is 0.823. The number of nitrogens with one attached hydrogen (secondary N) is 1. The number of hydrogen-bond donors (Lipinski definition) is 1. The summed E-state index contributed by atoms with van der Waals surface area (Å²) in [6.45, 7) is 7.76. The smallest absolute Gasteiger partial charge is 0.00872 e. The number of hydrogen-bond acceptors (Lipinski definition) is 2. The van der Waals surface area contributed by atoms with E-state index in [2.05, 4.69) is 68.6 Å². The Balaban J connectivity index is 1.79. The van der Waals surface area contributed by atoms with Crippen LogP contribution < -0.4 is 5.32 Å². The fraction of sp³-hybridized carbons (Fsp3) is 0.412. The summed E-state index contributed by atoms with van der Waals surface area (Å²) in [5.41, 5.74) is 1.41. The van der Waals surface area contributed by atoms with E-state index < -0.39 is 0 Å². The number of aryl methyl sites for hydroxylation is 1. The molecular weight excluding hydrogens is 250 g/mol. The third kappa shape index (κ3) is 4.48. The zero-order valence-electron chi connectivity index (χ0n) is 12.0. The Morgan fingerprint density at radius 3 is 2.42 bits per heavy atom. The summed E-state index contributed by atoms with van der Waals surface area (Å²) in [7, 11) is 0. The first-order chi connectivity index (χ1) is 9.15. The highest BCUT2D eigenvalue weighted by molar-refractivity contribution is 7.11. The lowest BCUT2D eigenvalue weighted by molar-refractivity contribution is 0.519. The summed E-state index contributed by atoms with van der Waals surface area (Å²) >= 11 is 1.91. The molecule has 2 unspecified atom stereocenters. The molecule has 1 heterocycles. The second kappa shape index (κ2) is 6.88. The van der Waals surface area contributed by atoms with Crippen LogP contribution in [0.3, 0.4) is 0 Å². The highest BCUT2D eigenvalue weighted by atomic mass is 32.1. The molecule has 19 heavy (non-hydrogen) atoms. The van der Waals surface area contributed by atoms with Gasteiger partial charge in [-0.2, -0.15) is 0 Å². The van der Waals surface area contributed by atoms with Crippen molar-refractivity contribution in [2.75, 3.05) is 6.54 Å². The fourth-order valence-electron chi connectivity index (χ4n) is 2.25. The van der Waals surface area contributed by atoms with Crippen molar-refractivity contribution in [2.45, 2.75) is 39.2 Å². The minimum absolute atomic E-state index is 0.532. The zero-order chi connectivity index (χ0) is 13.7. The molecule has 2 atom stereocenters. The van der Waals surface area contributed by atoms with Crippen LogP contribution in [0, 0.1) is 6.92 Å². The molecule has 2 rings (SSSR count). The van der Waals surface area contributed by atoms with E-state index in [0.717, 1.165) is 13.0 Å². The largest absolute Gasteiger partial charge is 0.313 e. The van der Waals surface area contributed by atoms with E-state index in [1.165, 1.54) is 15.3 Å². The van der Waals surface area contributed by atoms with Gasteiger partial charge in [0.25, 0.3) is 0 Å². The SMILES string of the molecule is Cc1ccc(CC(C)NCC(C)c2ccccc2)s1. The molecule has 2 heteroatoms. The molecule has 1 aromatic heterocycles. The average Bonchev–Trinajstić information content (AvgIpc) is 2.82. The second-order valence-corrected chi connectivity index (χ2v) is 6.71. The van der Waals surface area contributed by atoms with Gasteiger partial charge in [-0.25, -0.2) is 0 Å². The Morgan fingerprint density at radius 2 is 1.79 bits per heavy atom. The van der Waals surface area contributed by atoms with E-state index in [1.807, 2.05) is 11.3 Å². The second-order valence-electron chi connectivity index (χ2n) is 5.34. The summed E-state index contributed by atoms with van der Waals surface area (Å²) in [4.78, 5) is 2.88. The minimum Gasteiger partial charge on any atom is -0.313 e. The van der Waals surface area contributed by atoms with E-state index in [4.69, 9.17) is 0 Å². The standard InChI is InChI=1S/C17H23NS/c1-13(16-7-5-4-6-8-16)12-18-14(2)11-17-10-9-15(3)19-17/h4-10,13-14,18H,11-12H2,1-3H3. The van der Waals surface area contributed by atoms with Crippen LogP contribution in [-0.2, 0) is 6.42 Å². The highest BCUT2D eigenvalue weighted by Gasteiger charge is 2.08. The van der Waals surface area contributed by atoms with E-state index in [9.17, 15) is 0 Å². The predicted octanol–water partition coefficient (Wildman–Crippen LogP) is 4.38. The van der Waals surface area contributed by atoms with Crippen molar-refractivity contribution in [1.82, 2.24) is 5.32 Å². The molecule has 0 aliphatic heterocycles. The van der Waals surface area contributed by atoms with Crippen molar-refractivity contribution >= 4 is 11.3 Å². The van der Waals surface area contributed by atoms with E-state index in [1.54, 1.807) is 0 Å². The maximum atomic E-state index is 3.65. The molecule has 0 aliphatic carbocycles. The molecule has 0 radical (unpaired) electrons. The van der Waals surface area contributed by atoms with Gasteiger partial charge >= 0.3 is 0 Å². The lowest BCUT2D eigenvalue weighted by Crippen LogP contribution is -2.31. The van der Waals surface area contributed by atoms with Crippen LogP contribution in [0.4, 0.5) is 0 Å². The van der Waals surface area contributed by atoms with E-state index >= 15 is 0 Å². The Bertz CT molecular complexity index is 489. The third-order valence-electron chi connectivity index (χ3n) is 3.44. The topological polar surface area (TPSA) is 12.0 Å². The Labute approximate surface area is 120 Å². The van der Waals surface area contributed by atoms with Crippen molar-refractivity contribution in [3.8, 4) is 0 Å². The maximum Gasteiger partial charge on any atom is 0.00872 e. The molecule has 1 aromatic carbocycles. The van der Waals surface area contributed by atoms with Crippen LogP contribution in [0.1, 0.15) is 35.1 Å². The summed E-state index contributed by atoms with van der Waals surface area (Å²) in [5, 5.41) is 3.65. The first kappa shape index (κ1) is 14.3. The van der Waals surface area contributed by atoms with Crippen molar-refractivity contribution in [3.05, 3.63) is 57.8 Å². The van der Waals surface area contributed by atoms with Gasteiger partial charge in [-0.15, -0.1) is 11.3 Å². The molecule has 0 saturated carbocycles. The van der Waals surface area contributed by atoms with Crippen molar-refractivity contribution in [1.29, 1.82) is 0 Å². The van der Waals surface area contributed by atoms with Crippen LogP contribution in [0.5, 0.6) is 0 Å². The molecule has 1 nitrogen and oxygen atoms in total. The van der Waals surface area contributed by atoms with Gasteiger partial charge in [0, 0.05) is 22.3 Å². The number of thiophene rings is 1.